The fourth-order valence-electron chi connectivity index (χ4n) is 2.49. The number of nitrogens with zero attached hydrogens (tertiary/aromatic N) is 2. The molecule has 0 spiro atoms. The average Bonchev–Trinajstić information content (AvgIpc) is 2.82. The van der Waals surface area contributed by atoms with Crippen LogP contribution in [0.15, 0.2) is 0 Å². The monoisotopic (exact) mass is 249 g/mol. The van der Waals surface area contributed by atoms with Gasteiger partial charge in [-0.05, 0) is 33.1 Å². The summed E-state index contributed by atoms with van der Waals surface area (Å²) in [6, 6.07) is 0. The van der Waals surface area contributed by atoms with Crippen LogP contribution in [0.25, 0.3) is 0 Å². The zero-order chi connectivity index (χ0) is 13.0. The molecule has 0 saturated carbocycles. The van der Waals surface area contributed by atoms with Gasteiger partial charge in [-0.3, -0.25) is 0 Å². The minimum atomic E-state index is 0.311. The van der Waals surface area contributed by atoms with Gasteiger partial charge < -0.3 is 10.1 Å². The topological polar surface area (TPSA) is 47.0 Å². The molecule has 2 rings (SSSR count). The lowest BCUT2D eigenvalue weighted by molar-refractivity contribution is 0.110. The molecule has 1 aromatic heterocycles. The molecule has 0 bridgehead atoms. The maximum Gasteiger partial charge on any atom is 0.133 e. The van der Waals surface area contributed by atoms with Crippen molar-refractivity contribution in [1.82, 2.24) is 9.97 Å². The van der Waals surface area contributed by atoms with Crippen LogP contribution in [-0.2, 0) is 17.6 Å². The van der Waals surface area contributed by atoms with Crippen LogP contribution in [0.5, 0.6) is 0 Å². The molecule has 4 nitrogen and oxygen atoms in total. The van der Waals surface area contributed by atoms with Gasteiger partial charge in [0.15, 0.2) is 0 Å². The molecule has 18 heavy (non-hydrogen) atoms. The van der Waals surface area contributed by atoms with E-state index in [1.807, 2.05) is 0 Å². The summed E-state index contributed by atoms with van der Waals surface area (Å²) in [5.41, 5.74) is 2.32. The second-order valence-electron chi connectivity index (χ2n) is 4.78. The van der Waals surface area contributed by atoms with Crippen LogP contribution in [0.4, 0.5) is 5.82 Å². The number of aromatic nitrogens is 2. The van der Waals surface area contributed by atoms with Crippen LogP contribution in [0, 0.1) is 6.92 Å². The molecule has 1 atom stereocenters. The van der Waals surface area contributed by atoms with E-state index in [1.54, 1.807) is 0 Å². The second-order valence-corrected chi connectivity index (χ2v) is 4.78. The molecule has 4 heteroatoms. The lowest BCUT2D eigenvalue weighted by Crippen LogP contribution is -2.15. The largest absolute Gasteiger partial charge is 0.378 e. The van der Waals surface area contributed by atoms with Gasteiger partial charge >= 0.3 is 0 Å². The highest BCUT2D eigenvalue weighted by molar-refractivity contribution is 5.46. The minimum absolute atomic E-state index is 0.311. The molecule has 1 saturated heterocycles. The highest BCUT2D eigenvalue weighted by atomic mass is 16.5. The van der Waals surface area contributed by atoms with Crippen molar-refractivity contribution in [2.75, 3.05) is 18.5 Å². The first-order chi connectivity index (χ1) is 8.74. The van der Waals surface area contributed by atoms with Gasteiger partial charge in [0, 0.05) is 30.8 Å². The molecule has 1 aromatic rings. The fraction of sp³-hybridized carbons (Fsp3) is 0.714. The Morgan fingerprint density at radius 1 is 1.33 bits per heavy atom. The third-order valence-corrected chi connectivity index (χ3v) is 3.39. The van der Waals surface area contributed by atoms with Crippen molar-refractivity contribution >= 4 is 5.82 Å². The number of rotatable bonds is 5. The van der Waals surface area contributed by atoms with Gasteiger partial charge in [-0.1, -0.05) is 6.92 Å². The van der Waals surface area contributed by atoms with Gasteiger partial charge in [-0.25, -0.2) is 9.97 Å². The smallest absolute Gasteiger partial charge is 0.133 e. The molecule has 1 fully saturated rings. The van der Waals surface area contributed by atoms with Crippen molar-refractivity contribution in [2.45, 2.75) is 52.6 Å². The van der Waals surface area contributed by atoms with Crippen molar-refractivity contribution in [3.63, 3.8) is 0 Å². The molecular formula is C14H23N3O. The van der Waals surface area contributed by atoms with E-state index in [1.165, 1.54) is 5.56 Å². The van der Waals surface area contributed by atoms with Gasteiger partial charge in [0.05, 0.1) is 6.10 Å². The standard InChI is InChI=1S/C14H23N3O/c1-4-12-10(3)16-13(17-14(12)15-5-2)9-11-7-6-8-18-11/h11H,4-9H2,1-3H3,(H,15,16,17). The molecule has 0 aromatic carbocycles. The molecule has 0 radical (unpaired) electrons. The maximum absolute atomic E-state index is 5.65. The molecule has 1 unspecified atom stereocenters. The van der Waals surface area contributed by atoms with E-state index in [0.717, 1.165) is 56.2 Å². The lowest BCUT2D eigenvalue weighted by atomic mass is 10.1. The fourth-order valence-corrected chi connectivity index (χ4v) is 2.49. The van der Waals surface area contributed by atoms with E-state index in [0.29, 0.717) is 6.10 Å². The summed E-state index contributed by atoms with van der Waals surface area (Å²) in [7, 11) is 0. The van der Waals surface area contributed by atoms with Crippen molar-refractivity contribution in [3.05, 3.63) is 17.1 Å². The first kappa shape index (κ1) is 13.3. The molecule has 2 heterocycles. The third-order valence-electron chi connectivity index (χ3n) is 3.39. The van der Waals surface area contributed by atoms with Crippen molar-refractivity contribution in [2.24, 2.45) is 0 Å². The number of nitrogens with one attached hydrogen (secondary N) is 1. The maximum atomic E-state index is 5.65. The van der Waals surface area contributed by atoms with Crippen LogP contribution in [0.3, 0.4) is 0 Å². The summed E-state index contributed by atoms with van der Waals surface area (Å²) < 4.78 is 5.65. The molecular weight excluding hydrogens is 226 g/mol. The van der Waals surface area contributed by atoms with Gasteiger partial charge in [-0.2, -0.15) is 0 Å². The third kappa shape index (κ3) is 2.99. The van der Waals surface area contributed by atoms with Gasteiger partial charge in [0.2, 0.25) is 0 Å². The number of aryl methyl sites for hydroxylation is 1. The molecule has 1 N–H and O–H groups in total. The van der Waals surface area contributed by atoms with Gasteiger partial charge in [-0.15, -0.1) is 0 Å². The molecule has 0 amide bonds. The molecule has 100 valence electrons. The first-order valence-electron chi connectivity index (χ1n) is 6.96. The second kappa shape index (κ2) is 6.14. The predicted molar refractivity (Wildman–Crippen MR) is 73.0 cm³/mol. The van der Waals surface area contributed by atoms with Crippen LogP contribution >= 0.6 is 0 Å². The van der Waals surface area contributed by atoms with Crippen LogP contribution < -0.4 is 5.32 Å². The zero-order valence-corrected chi connectivity index (χ0v) is 11.6. The van der Waals surface area contributed by atoms with E-state index in [2.05, 4.69) is 36.1 Å². The average molecular weight is 249 g/mol. The Labute approximate surface area is 109 Å². The zero-order valence-electron chi connectivity index (χ0n) is 11.6. The SMILES string of the molecule is CCNc1nc(CC2CCCO2)nc(C)c1CC. The van der Waals surface area contributed by atoms with Gasteiger partial charge in [0.1, 0.15) is 11.6 Å². The highest BCUT2D eigenvalue weighted by Gasteiger charge is 2.18. The Bertz CT molecular complexity index is 400. The molecule has 1 aliphatic rings. The molecule has 0 aliphatic carbocycles. The highest BCUT2D eigenvalue weighted by Crippen LogP contribution is 2.20. The predicted octanol–water partition coefficient (Wildman–Crippen LogP) is 2.50. The number of ether oxygens (including phenoxy) is 1. The first-order valence-corrected chi connectivity index (χ1v) is 6.96. The van der Waals surface area contributed by atoms with Crippen LogP contribution in [-0.4, -0.2) is 29.2 Å². The Balaban J connectivity index is 2.19. The number of hydrogen-bond acceptors (Lipinski definition) is 4. The lowest BCUT2D eigenvalue weighted by Gasteiger charge is -2.14. The van der Waals surface area contributed by atoms with Gasteiger partial charge in [0.25, 0.3) is 0 Å². The number of anilines is 1. The Hall–Kier alpha value is -1.16. The Kier molecular flexibility index (Phi) is 4.53. The van der Waals surface area contributed by atoms with E-state index in [4.69, 9.17) is 4.74 Å². The normalized spacial score (nSPS) is 19.2. The Morgan fingerprint density at radius 3 is 2.78 bits per heavy atom. The van der Waals surface area contributed by atoms with E-state index >= 15 is 0 Å². The molecule has 1 aliphatic heterocycles. The van der Waals surface area contributed by atoms with E-state index in [-0.39, 0.29) is 0 Å². The minimum Gasteiger partial charge on any atom is -0.378 e. The van der Waals surface area contributed by atoms with Crippen LogP contribution in [0.1, 0.15) is 43.8 Å². The van der Waals surface area contributed by atoms with Crippen molar-refractivity contribution < 1.29 is 4.74 Å². The summed E-state index contributed by atoms with van der Waals surface area (Å²) in [5, 5.41) is 3.34. The van der Waals surface area contributed by atoms with Crippen molar-refractivity contribution in [1.29, 1.82) is 0 Å². The van der Waals surface area contributed by atoms with Crippen molar-refractivity contribution in [3.8, 4) is 0 Å². The summed E-state index contributed by atoms with van der Waals surface area (Å²) in [6.07, 6.45) is 4.41. The quantitative estimate of drug-likeness (QED) is 0.871. The van der Waals surface area contributed by atoms with Crippen LogP contribution in [0.2, 0.25) is 0 Å². The van der Waals surface area contributed by atoms with E-state index < -0.39 is 0 Å². The summed E-state index contributed by atoms with van der Waals surface area (Å²) >= 11 is 0. The summed E-state index contributed by atoms with van der Waals surface area (Å²) in [4.78, 5) is 9.27. The summed E-state index contributed by atoms with van der Waals surface area (Å²) in [5.74, 6) is 1.91. The Morgan fingerprint density at radius 2 is 2.17 bits per heavy atom. The summed E-state index contributed by atoms with van der Waals surface area (Å²) in [6.45, 7) is 8.09. The number of hydrogen-bond donors (Lipinski definition) is 1. The van der Waals surface area contributed by atoms with E-state index in [9.17, 15) is 0 Å².